The summed E-state index contributed by atoms with van der Waals surface area (Å²) >= 11 is 0. The normalized spacial score (nSPS) is 16.3. The van der Waals surface area contributed by atoms with Crippen LogP contribution in [0.3, 0.4) is 0 Å². The Labute approximate surface area is 154 Å². The molecule has 2 aromatic carbocycles. The molecule has 1 atom stereocenters. The number of nitrogens with one attached hydrogen (secondary N) is 2. The minimum absolute atomic E-state index is 0.000124. The molecule has 3 rings (SSSR count). The monoisotopic (exact) mass is 373 g/mol. The Morgan fingerprint density at radius 2 is 1.78 bits per heavy atom. The molecular weight excluding hydrogens is 356 g/mol. The fourth-order valence-electron chi connectivity index (χ4n) is 2.91. The van der Waals surface area contributed by atoms with E-state index in [-0.39, 0.29) is 30.5 Å². The van der Waals surface area contributed by atoms with Crippen LogP contribution in [0.1, 0.15) is 13.3 Å². The van der Waals surface area contributed by atoms with Gasteiger partial charge in [-0.15, -0.1) is 0 Å². The first-order valence-corrected chi connectivity index (χ1v) is 8.27. The third-order valence-electron chi connectivity index (χ3n) is 4.16. The summed E-state index contributed by atoms with van der Waals surface area (Å²) in [6.45, 7) is 1.53. The van der Waals surface area contributed by atoms with Crippen molar-refractivity contribution in [3.8, 4) is 0 Å². The van der Waals surface area contributed by atoms with Crippen LogP contribution in [0.4, 0.5) is 25.8 Å². The van der Waals surface area contributed by atoms with Gasteiger partial charge >= 0.3 is 0 Å². The lowest BCUT2D eigenvalue weighted by Crippen LogP contribution is -2.28. The maximum atomic E-state index is 13.3. The molecule has 0 aliphatic carbocycles. The standard InChI is InChI=1S/C19H17F2N3O3/c1-11(25)22-13-3-2-4-15(8-13)24-10-12(7-18(24)26)19(27)23-14-5-6-16(20)17(21)9-14/h2-6,8-9,12H,7,10H2,1H3,(H,22,25)(H,23,27)/t12-/m1/s1. The number of benzene rings is 2. The molecule has 0 spiro atoms. The number of carbonyl (C=O) groups is 3. The van der Waals surface area contributed by atoms with E-state index >= 15 is 0 Å². The maximum absolute atomic E-state index is 13.3. The number of anilines is 3. The van der Waals surface area contributed by atoms with Gasteiger partial charge < -0.3 is 15.5 Å². The van der Waals surface area contributed by atoms with Gasteiger partial charge in [0.25, 0.3) is 0 Å². The molecule has 0 aromatic heterocycles. The largest absolute Gasteiger partial charge is 0.326 e. The quantitative estimate of drug-likeness (QED) is 0.865. The number of halogens is 2. The molecule has 1 heterocycles. The van der Waals surface area contributed by atoms with Crippen molar-refractivity contribution in [1.29, 1.82) is 0 Å². The summed E-state index contributed by atoms with van der Waals surface area (Å²) in [5.41, 5.74) is 1.23. The molecule has 1 aliphatic rings. The second-order valence-corrected chi connectivity index (χ2v) is 6.26. The Morgan fingerprint density at radius 1 is 1.04 bits per heavy atom. The predicted molar refractivity (Wildman–Crippen MR) is 96.2 cm³/mol. The lowest BCUT2D eigenvalue weighted by atomic mass is 10.1. The molecule has 140 valence electrons. The summed E-state index contributed by atoms with van der Waals surface area (Å²) in [6.07, 6.45) is -0.000124. The summed E-state index contributed by atoms with van der Waals surface area (Å²) in [5.74, 6) is -3.62. The Balaban J connectivity index is 1.70. The van der Waals surface area contributed by atoms with Gasteiger partial charge in [0.15, 0.2) is 11.6 Å². The van der Waals surface area contributed by atoms with Crippen LogP contribution >= 0.6 is 0 Å². The average molecular weight is 373 g/mol. The van der Waals surface area contributed by atoms with E-state index in [0.29, 0.717) is 11.4 Å². The van der Waals surface area contributed by atoms with Gasteiger partial charge in [-0.2, -0.15) is 0 Å². The molecular formula is C19H17F2N3O3. The molecule has 3 amide bonds. The molecule has 8 heteroatoms. The zero-order valence-corrected chi connectivity index (χ0v) is 14.5. The lowest BCUT2D eigenvalue weighted by molar-refractivity contribution is -0.122. The predicted octanol–water partition coefficient (Wildman–Crippen LogP) is 2.91. The summed E-state index contributed by atoms with van der Waals surface area (Å²) in [7, 11) is 0. The number of carbonyl (C=O) groups excluding carboxylic acids is 3. The summed E-state index contributed by atoms with van der Waals surface area (Å²) in [5, 5.41) is 5.14. The van der Waals surface area contributed by atoms with Crippen LogP contribution in [0.15, 0.2) is 42.5 Å². The molecule has 0 bridgehead atoms. The van der Waals surface area contributed by atoms with Crippen LogP contribution in [-0.2, 0) is 14.4 Å². The number of hydrogen-bond donors (Lipinski definition) is 2. The highest BCUT2D eigenvalue weighted by Gasteiger charge is 2.35. The second-order valence-electron chi connectivity index (χ2n) is 6.26. The minimum Gasteiger partial charge on any atom is -0.326 e. The van der Waals surface area contributed by atoms with Crippen LogP contribution in [0.25, 0.3) is 0 Å². The zero-order valence-electron chi connectivity index (χ0n) is 14.5. The van der Waals surface area contributed by atoms with Crippen molar-refractivity contribution in [2.24, 2.45) is 5.92 Å². The molecule has 1 aliphatic heterocycles. The van der Waals surface area contributed by atoms with Gasteiger partial charge in [-0.1, -0.05) is 6.07 Å². The van der Waals surface area contributed by atoms with Crippen molar-refractivity contribution in [3.05, 3.63) is 54.1 Å². The van der Waals surface area contributed by atoms with Crippen molar-refractivity contribution in [1.82, 2.24) is 0 Å². The first-order chi connectivity index (χ1) is 12.8. The van der Waals surface area contributed by atoms with E-state index < -0.39 is 23.5 Å². The van der Waals surface area contributed by atoms with Crippen molar-refractivity contribution >= 4 is 34.8 Å². The summed E-state index contributed by atoms with van der Waals surface area (Å²) in [6, 6.07) is 9.81. The first kappa shape index (κ1) is 18.5. The van der Waals surface area contributed by atoms with Gasteiger partial charge in [-0.05, 0) is 30.3 Å². The van der Waals surface area contributed by atoms with E-state index in [4.69, 9.17) is 0 Å². The van der Waals surface area contributed by atoms with Gasteiger partial charge in [0.2, 0.25) is 17.7 Å². The molecule has 1 fully saturated rings. The van der Waals surface area contributed by atoms with Crippen LogP contribution in [0, 0.1) is 17.6 Å². The molecule has 0 radical (unpaired) electrons. The Kier molecular flexibility index (Phi) is 5.16. The van der Waals surface area contributed by atoms with E-state index in [2.05, 4.69) is 10.6 Å². The third kappa shape index (κ3) is 4.28. The molecule has 0 unspecified atom stereocenters. The Hall–Kier alpha value is -3.29. The van der Waals surface area contributed by atoms with Gasteiger partial charge in [0.05, 0.1) is 5.92 Å². The molecule has 2 aromatic rings. The topological polar surface area (TPSA) is 78.5 Å². The number of amides is 3. The summed E-state index contributed by atoms with van der Waals surface area (Å²) < 4.78 is 26.2. The van der Waals surface area contributed by atoms with Crippen LogP contribution in [-0.4, -0.2) is 24.3 Å². The van der Waals surface area contributed by atoms with Crippen molar-refractivity contribution in [2.75, 3.05) is 22.1 Å². The minimum atomic E-state index is -1.06. The number of hydrogen-bond acceptors (Lipinski definition) is 3. The van der Waals surface area contributed by atoms with Crippen LogP contribution in [0.2, 0.25) is 0 Å². The summed E-state index contributed by atoms with van der Waals surface area (Å²) in [4.78, 5) is 37.3. The van der Waals surface area contributed by atoms with Gasteiger partial charge in [0, 0.05) is 43.0 Å². The van der Waals surface area contributed by atoms with Crippen LogP contribution in [0.5, 0.6) is 0 Å². The smallest absolute Gasteiger partial charge is 0.229 e. The van der Waals surface area contributed by atoms with E-state index in [0.717, 1.165) is 12.1 Å². The highest BCUT2D eigenvalue weighted by molar-refractivity contribution is 6.04. The maximum Gasteiger partial charge on any atom is 0.229 e. The van der Waals surface area contributed by atoms with E-state index in [9.17, 15) is 23.2 Å². The average Bonchev–Trinajstić information content (AvgIpc) is 3.00. The van der Waals surface area contributed by atoms with E-state index in [1.54, 1.807) is 24.3 Å². The zero-order chi connectivity index (χ0) is 19.6. The van der Waals surface area contributed by atoms with Gasteiger partial charge in [-0.3, -0.25) is 14.4 Å². The van der Waals surface area contributed by atoms with E-state index in [1.807, 2.05) is 0 Å². The van der Waals surface area contributed by atoms with E-state index in [1.165, 1.54) is 17.9 Å². The van der Waals surface area contributed by atoms with Crippen molar-refractivity contribution in [2.45, 2.75) is 13.3 Å². The van der Waals surface area contributed by atoms with Crippen molar-refractivity contribution < 1.29 is 23.2 Å². The molecule has 27 heavy (non-hydrogen) atoms. The molecule has 0 saturated carbocycles. The van der Waals surface area contributed by atoms with Crippen molar-refractivity contribution in [3.63, 3.8) is 0 Å². The van der Waals surface area contributed by atoms with Gasteiger partial charge in [-0.25, -0.2) is 8.78 Å². The van der Waals surface area contributed by atoms with Gasteiger partial charge in [0.1, 0.15) is 0 Å². The lowest BCUT2D eigenvalue weighted by Gasteiger charge is -2.18. The third-order valence-corrected chi connectivity index (χ3v) is 4.16. The number of rotatable bonds is 4. The highest BCUT2D eigenvalue weighted by Crippen LogP contribution is 2.28. The first-order valence-electron chi connectivity index (χ1n) is 8.27. The Morgan fingerprint density at radius 3 is 2.48 bits per heavy atom. The van der Waals surface area contributed by atoms with Crippen LogP contribution < -0.4 is 15.5 Å². The highest BCUT2D eigenvalue weighted by atomic mass is 19.2. The number of nitrogens with zero attached hydrogens (tertiary/aromatic N) is 1. The fraction of sp³-hybridized carbons (Fsp3) is 0.211. The molecule has 2 N–H and O–H groups in total. The molecule has 1 saturated heterocycles. The Bertz CT molecular complexity index is 917. The SMILES string of the molecule is CC(=O)Nc1cccc(N2C[C@H](C(=O)Nc3ccc(F)c(F)c3)CC2=O)c1. The second kappa shape index (κ2) is 7.53. The fourth-order valence-corrected chi connectivity index (χ4v) is 2.91. The molecule has 6 nitrogen and oxygen atoms in total.